The van der Waals surface area contributed by atoms with Gasteiger partial charge in [-0.25, -0.2) is 4.79 Å². The van der Waals surface area contributed by atoms with E-state index >= 15 is 0 Å². The van der Waals surface area contributed by atoms with Crippen LogP contribution in [0.3, 0.4) is 0 Å². The number of hydrogen-bond donors (Lipinski definition) is 2. The van der Waals surface area contributed by atoms with Crippen LogP contribution in [0.25, 0.3) is 0 Å². The summed E-state index contributed by atoms with van der Waals surface area (Å²) in [4.78, 5) is 14.3. The third-order valence-corrected chi connectivity index (χ3v) is 4.48. The van der Waals surface area contributed by atoms with Gasteiger partial charge in [-0.05, 0) is 44.0 Å². The second kappa shape index (κ2) is 7.78. The van der Waals surface area contributed by atoms with Crippen LogP contribution in [0.2, 0.25) is 0 Å². The minimum atomic E-state index is -2.45. The number of thioether (sulfide) groups is 1. The van der Waals surface area contributed by atoms with Gasteiger partial charge in [0.15, 0.2) is 0 Å². The SMILES string of the molecule is CC(O)C1CCCN(C(=O)Nc2ccc(SC(F)F)cc2)C1. The first-order valence-electron chi connectivity index (χ1n) is 7.24. The third kappa shape index (κ3) is 4.84. The van der Waals surface area contributed by atoms with Gasteiger partial charge in [0.2, 0.25) is 0 Å². The molecule has 2 N–H and O–H groups in total. The van der Waals surface area contributed by atoms with Crippen molar-refractivity contribution in [1.82, 2.24) is 4.90 Å². The molecular weight excluding hydrogens is 310 g/mol. The molecule has 0 spiro atoms. The number of nitrogens with one attached hydrogen (secondary N) is 1. The topological polar surface area (TPSA) is 52.6 Å². The van der Waals surface area contributed by atoms with E-state index in [-0.39, 0.29) is 11.9 Å². The molecule has 1 aliphatic heterocycles. The fourth-order valence-electron chi connectivity index (χ4n) is 2.51. The zero-order valence-corrected chi connectivity index (χ0v) is 13.2. The number of piperidine rings is 1. The fourth-order valence-corrected chi connectivity index (χ4v) is 3.01. The van der Waals surface area contributed by atoms with Crippen molar-refractivity contribution < 1.29 is 18.7 Å². The van der Waals surface area contributed by atoms with Crippen molar-refractivity contribution in [2.75, 3.05) is 18.4 Å². The minimum absolute atomic E-state index is 0.101. The van der Waals surface area contributed by atoms with Crippen molar-refractivity contribution in [3.8, 4) is 0 Å². The number of alkyl halides is 2. The number of carbonyl (C=O) groups excluding carboxylic acids is 1. The Labute approximate surface area is 132 Å². The average Bonchev–Trinajstić information content (AvgIpc) is 2.49. The van der Waals surface area contributed by atoms with E-state index in [1.807, 2.05) is 0 Å². The second-order valence-corrected chi connectivity index (χ2v) is 6.49. The monoisotopic (exact) mass is 330 g/mol. The van der Waals surface area contributed by atoms with Crippen LogP contribution in [0.15, 0.2) is 29.2 Å². The molecule has 1 aromatic carbocycles. The second-order valence-electron chi connectivity index (χ2n) is 5.42. The van der Waals surface area contributed by atoms with Gasteiger partial charge in [-0.3, -0.25) is 0 Å². The molecule has 1 aromatic rings. The molecule has 122 valence electrons. The Hall–Kier alpha value is -1.34. The third-order valence-electron chi connectivity index (χ3n) is 3.76. The molecule has 1 aliphatic rings. The molecule has 2 atom stereocenters. The first-order chi connectivity index (χ1) is 10.5. The highest BCUT2D eigenvalue weighted by molar-refractivity contribution is 7.99. The van der Waals surface area contributed by atoms with Crippen LogP contribution < -0.4 is 5.32 Å². The molecule has 1 heterocycles. The van der Waals surface area contributed by atoms with Gasteiger partial charge in [0.25, 0.3) is 5.76 Å². The number of aliphatic hydroxyl groups is 1. The highest BCUT2D eigenvalue weighted by Gasteiger charge is 2.26. The summed E-state index contributed by atoms with van der Waals surface area (Å²) in [5.41, 5.74) is 0.572. The maximum absolute atomic E-state index is 12.2. The summed E-state index contributed by atoms with van der Waals surface area (Å²) < 4.78 is 24.5. The van der Waals surface area contributed by atoms with E-state index in [2.05, 4.69) is 5.32 Å². The van der Waals surface area contributed by atoms with Crippen molar-refractivity contribution in [1.29, 1.82) is 0 Å². The molecular formula is C15H20F2N2O2S. The summed E-state index contributed by atoms with van der Waals surface area (Å²) in [5.74, 6) is -2.35. The van der Waals surface area contributed by atoms with Crippen LogP contribution in [0.4, 0.5) is 19.3 Å². The minimum Gasteiger partial charge on any atom is -0.393 e. The number of benzene rings is 1. The van der Waals surface area contributed by atoms with Crippen molar-refractivity contribution in [3.05, 3.63) is 24.3 Å². The highest BCUT2D eigenvalue weighted by Crippen LogP contribution is 2.26. The zero-order chi connectivity index (χ0) is 16.1. The predicted octanol–water partition coefficient (Wildman–Crippen LogP) is 3.63. The molecule has 0 bridgehead atoms. The first kappa shape index (κ1) is 17.0. The van der Waals surface area contributed by atoms with Crippen molar-refractivity contribution in [2.45, 2.75) is 36.5 Å². The number of likely N-dealkylation sites (tertiary alicyclic amines) is 1. The number of anilines is 1. The number of halogens is 2. The molecule has 2 amide bonds. The molecule has 7 heteroatoms. The zero-order valence-electron chi connectivity index (χ0n) is 12.3. The molecule has 1 fully saturated rings. The van der Waals surface area contributed by atoms with Gasteiger partial charge in [-0.1, -0.05) is 11.8 Å². The lowest BCUT2D eigenvalue weighted by Crippen LogP contribution is -2.44. The van der Waals surface area contributed by atoms with Gasteiger partial charge in [0, 0.05) is 29.6 Å². The van der Waals surface area contributed by atoms with Gasteiger partial charge in [-0.2, -0.15) is 8.78 Å². The number of aliphatic hydroxyl groups excluding tert-OH is 1. The molecule has 1 saturated heterocycles. The van der Waals surface area contributed by atoms with Crippen molar-refractivity contribution in [2.24, 2.45) is 5.92 Å². The fraction of sp³-hybridized carbons (Fsp3) is 0.533. The van der Waals surface area contributed by atoms with E-state index in [4.69, 9.17) is 0 Å². The van der Waals surface area contributed by atoms with Crippen LogP contribution in [0.1, 0.15) is 19.8 Å². The number of hydrogen-bond acceptors (Lipinski definition) is 3. The largest absolute Gasteiger partial charge is 0.393 e. The van der Waals surface area contributed by atoms with Gasteiger partial charge >= 0.3 is 6.03 Å². The van der Waals surface area contributed by atoms with Crippen LogP contribution >= 0.6 is 11.8 Å². The first-order valence-corrected chi connectivity index (χ1v) is 8.12. The van der Waals surface area contributed by atoms with Crippen LogP contribution in [-0.4, -0.2) is 41.0 Å². The molecule has 0 saturated carbocycles. The summed E-state index contributed by atoms with van der Waals surface area (Å²) in [6.07, 6.45) is 1.36. The highest BCUT2D eigenvalue weighted by atomic mass is 32.2. The molecule has 2 unspecified atom stereocenters. The summed E-state index contributed by atoms with van der Waals surface area (Å²) in [6, 6.07) is 6.11. The standard InChI is InChI=1S/C15H20F2N2O2S/c1-10(20)11-3-2-8-19(9-11)15(21)18-12-4-6-13(7-5-12)22-14(16)17/h4-7,10-11,14,20H,2-3,8-9H2,1H3,(H,18,21). The Bertz CT molecular complexity index is 497. The number of amides is 2. The van der Waals surface area contributed by atoms with E-state index in [9.17, 15) is 18.7 Å². The van der Waals surface area contributed by atoms with Gasteiger partial charge in [0.1, 0.15) is 0 Å². The smallest absolute Gasteiger partial charge is 0.321 e. The van der Waals surface area contributed by atoms with E-state index < -0.39 is 11.9 Å². The molecule has 0 aromatic heterocycles. The Morgan fingerprint density at radius 3 is 2.68 bits per heavy atom. The van der Waals surface area contributed by atoms with Gasteiger partial charge < -0.3 is 15.3 Å². The summed E-state index contributed by atoms with van der Waals surface area (Å²) in [7, 11) is 0. The molecule has 2 rings (SSSR count). The lowest BCUT2D eigenvalue weighted by atomic mass is 9.94. The van der Waals surface area contributed by atoms with Crippen LogP contribution in [-0.2, 0) is 0 Å². The summed E-state index contributed by atoms with van der Waals surface area (Å²) in [5, 5.41) is 12.4. The van der Waals surface area contributed by atoms with Crippen molar-refractivity contribution in [3.63, 3.8) is 0 Å². The lowest BCUT2D eigenvalue weighted by Gasteiger charge is -2.34. The Morgan fingerprint density at radius 2 is 2.09 bits per heavy atom. The molecule has 0 aliphatic carbocycles. The number of rotatable bonds is 4. The Kier molecular flexibility index (Phi) is 6.02. The molecule has 4 nitrogen and oxygen atoms in total. The average molecular weight is 330 g/mol. The predicted molar refractivity (Wildman–Crippen MR) is 83.3 cm³/mol. The number of carbonyl (C=O) groups is 1. The normalized spacial score (nSPS) is 20.0. The van der Waals surface area contributed by atoms with Gasteiger partial charge in [0.05, 0.1) is 6.10 Å². The van der Waals surface area contributed by atoms with E-state index in [0.29, 0.717) is 35.4 Å². The van der Waals surface area contributed by atoms with Gasteiger partial charge in [-0.15, -0.1) is 0 Å². The van der Waals surface area contributed by atoms with E-state index in [1.165, 1.54) is 0 Å². The summed E-state index contributed by atoms with van der Waals surface area (Å²) >= 11 is 0.473. The van der Waals surface area contributed by atoms with Crippen molar-refractivity contribution >= 4 is 23.5 Å². The maximum atomic E-state index is 12.2. The molecule has 0 radical (unpaired) electrons. The Morgan fingerprint density at radius 1 is 1.41 bits per heavy atom. The quantitative estimate of drug-likeness (QED) is 0.829. The summed E-state index contributed by atoms with van der Waals surface area (Å²) in [6.45, 7) is 2.93. The number of urea groups is 1. The Balaban J connectivity index is 1.91. The number of nitrogens with zero attached hydrogens (tertiary/aromatic N) is 1. The lowest BCUT2D eigenvalue weighted by molar-refractivity contribution is 0.0766. The van der Waals surface area contributed by atoms with E-state index in [1.54, 1.807) is 36.1 Å². The van der Waals surface area contributed by atoms with Crippen LogP contribution in [0.5, 0.6) is 0 Å². The molecule has 22 heavy (non-hydrogen) atoms. The maximum Gasteiger partial charge on any atom is 0.321 e. The van der Waals surface area contributed by atoms with E-state index in [0.717, 1.165) is 12.8 Å². The van der Waals surface area contributed by atoms with Crippen LogP contribution in [0, 0.1) is 5.92 Å².